The van der Waals surface area contributed by atoms with Gasteiger partial charge in [0.05, 0.1) is 31.5 Å². The maximum atomic E-state index is 5.50. The first kappa shape index (κ1) is 37.4. The van der Waals surface area contributed by atoms with E-state index in [1.54, 1.807) is 14.2 Å². The molecular weight excluding hydrogens is 615 g/mol. The zero-order valence-electron chi connectivity index (χ0n) is 26.2. The number of methoxy groups -OCH3 is 2. The van der Waals surface area contributed by atoms with Crippen LogP contribution in [0.1, 0.15) is 61.7 Å². The number of aryl methyl sites for hydroxylation is 2. The molecule has 44 heavy (non-hydrogen) atoms. The summed E-state index contributed by atoms with van der Waals surface area (Å²) in [5.41, 5.74) is 6.02. The summed E-state index contributed by atoms with van der Waals surface area (Å²) in [4.78, 5) is 11.7. The van der Waals surface area contributed by atoms with Crippen LogP contribution in [0.25, 0.3) is 11.4 Å². The lowest BCUT2D eigenvalue weighted by molar-refractivity contribution is 0.0109. The Morgan fingerprint density at radius 2 is 1.61 bits per heavy atom. The van der Waals surface area contributed by atoms with Gasteiger partial charge in [-0.15, -0.1) is 37.2 Å². The molecule has 0 radical (unpaired) electrons. The lowest BCUT2D eigenvalue weighted by Crippen LogP contribution is -2.59. The summed E-state index contributed by atoms with van der Waals surface area (Å²) in [6.07, 6.45) is 5.20. The average molecular weight is 662 g/mol. The van der Waals surface area contributed by atoms with Crippen molar-refractivity contribution in [2.45, 2.75) is 57.5 Å². The van der Waals surface area contributed by atoms with Crippen molar-refractivity contribution in [3.63, 3.8) is 0 Å². The van der Waals surface area contributed by atoms with E-state index >= 15 is 0 Å². The van der Waals surface area contributed by atoms with Crippen molar-refractivity contribution in [3.8, 4) is 22.9 Å². The van der Waals surface area contributed by atoms with Crippen molar-refractivity contribution in [3.05, 3.63) is 101 Å². The maximum absolute atomic E-state index is 5.50. The van der Waals surface area contributed by atoms with Gasteiger partial charge in [-0.05, 0) is 68.0 Å². The smallest absolute Gasteiger partial charge is 0.138 e. The van der Waals surface area contributed by atoms with Crippen molar-refractivity contribution >= 4 is 37.2 Å². The van der Waals surface area contributed by atoms with Crippen LogP contribution in [0.4, 0.5) is 0 Å². The van der Waals surface area contributed by atoms with Gasteiger partial charge < -0.3 is 19.8 Å². The first-order valence-corrected chi connectivity index (χ1v) is 15.0. The van der Waals surface area contributed by atoms with Crippen molar-refractivity contribution in [2.24, 2.45) is 0 Å². The Labute approximate surface area is 281 Å². The summed E-state index contributed by atoms with van der Waals surface area (Å²) in [7, 11) is 3.43. The zero-order chi connectivity index (χ0) is 28.7. The van der Waals surface area contributed by atoms with Crippen LogP contribution < -0.4 is 14.8 Å². The number of nitrogens with zero attached hydrogens (tertiary/aromatic N) is 2. The molecule has 1 fully saturated rings. The third-order valence-corrected chi connectivity index (χ3v) is 8.54. The summed E-state index contributed by atoms with van der Waals surface area (Å²) >= 11 is 0. The number of ether oxygens (including phenoxy) is 2. The highest BCUT2D eigenvalue weighted by Gasteiger charge is 2.43. The normalized spacial score (nSPS) is 17.0. The third-order valence-electron chi connectivity index (χ3n) is 8.54. The average Bonchev–Trinajstić information content (AvgIpc) is 3.46. The van der Waals surface area contributed by atoms with Crippen molar-refractivity contribution in [2.75, 3.05) is 33.9 Å². The molecule has 9 heteroatoms. The molecule has 0 saturated carbocycles. The second kappa shape index (κ2) is 17.7. The quantitative estimate of drug-likeness (QED) is 0.160. The topological polar surface area (TPSA) is 62.4 Å². The van der Waals surface area contributed by atoms with Crippen molar-refractivity contribution in [1.82, 2.24) is 20.2 Å². The van der Waals surface area contributed by atoms with Gasteiger partial charge in [-0.2, -0.15) is 0 Å². The molecule has 6 nitrogen and oxygen atoms in total. The van der Waals surface area contributed by atoms with Crippen LogP contribution in [0, 0.1) is 0 Å². The lowest BCUT2D eigenvalue weighted by atomic mass is 9.80. The molecule has 0 bridgehead atoms. The molecule has 2 atom stereocenters. The number of piperazine rings is 1. The molecule has 1 aliphatic rings. The van der Waals surface area contributed by atoms with E-state index in [9.17, 15) is 0 Å². The number of aromatic nitrogens is 2. The fraction of sp³-hybridized carbons (Fsp3) is 0.400. The maximum Gasteiger partial charge on any atom is 0.138 e. The van der Waals surface area contributed by atoms with E-state index in [-0.39, 0.29) is 48.8 Å². The van der Waals surface area contributed by atoms with Gasteiger partial charge in [0.15, 0.2) is 0 Å². The first-order valence-electron chi connectivity index (χ1n) is 15.0. The van der Waals surface area contributed by atoms with Crippen LogP contribution in [0.3, 0.4) is 0 Å². The zero-order valence-corrected chi connectivity index (χ0v) is 28.6. The molecule has 2 heterocycles. The van der Waals surface area contributed by atoms with Gasteiger partial charge in [0.25, 0.3) is 0 Å². The Morgan fingerprint density at radius 1 is 0.886 bits per heavy atom. The number of hydrogen-bond acceptors (Lipinski definition) is 5. The van der Waals surface area contributed by atoms with Crippen LogP contribution in [0.15, 0.2) is 78.9 Å². The lowest BCUT2D eigenvalue weighted by Gasteiger charge is -2.51. The molecule has 1 aromatic heterocycles. The predicted molar refractivity (Wildman–Crippen MR) is 188 cm³/mol. The molecule has 2 unspecified atom stereocenters. The highest BCUT2D eigenvalue weighted by Crippen LogP contribution is 2.41. The fourth-order valence-electron chi connectivity index (χ4n) is 6.41. The Balaban J connectivity index is 0.00000225. The SMILES string of the molecule is CCCc1[nH]c(-c2cccc(OC)c2)nc1C(C)N1CCNCC1(CCCc1ccc(OC)cc1)c1ccccc1.Cl.Cl.Cl. The molecule has 4 aromatic rings. The Hall–Kier alpha value is -2.74. The molecule has 5 rings (SSSR count). The summed E-state index contributed by atoms with van der Waals surface area (Å²) in [6.45, 7) is 7.43. The minimum absolute atomic E-state index is 0. The van der Waals surface area contributed by atoms with E-state index in [4.69, 9.17) is 14.5 Å². The van der Waals surface area contributed by atoms with Crippen LogP contribution in [-0.2, 0) is 18.4 Å². The van der Waals surface area contributed by atoms with E-state index in [2.05, 4.69) is 95.8 Å². The summed E-state index contributed by atoms with van der Waals surface area (Å²) in [6, 6.07) is 27.9. The minimum Gasteiger partial charge on any atom is -0.497 e. The van der Waals surface area contributed by atoms with Crippen LogP contribution in [0.2, 0.25) is 0 Å². The van der Waals surface area contributed by atoms with Gasteiger partial charge in [0.1, 0.15) is 17.3 Å². The fourth-order valence-corrected chi connectivity index (χ4v) is 6.41. The largest absolute Gasteiger partial charge is 0.497 e. The summed E-state index contributed by atoms with van der Waals surface area (Å²) in [5.74, 6) is 2.66. The Bertz CT molecular complexity index is 1400. The van der Waals surface area contributed by atoms with E-state index in [1.165, 1.54) is 16.8 Å². The number of aromatic amines is 1. The molecule has 1 saturated heterocycles. The van der Waals surface area contributed by atoms with Gasteiger partial charge in [-0.25, -0.2) is 4.98 Å². The number of rotatable bonds is 12. The van der Waals surface area contributed by atoms with Crippen LogP contribution in [-0.4, -0.2) is 48.7 Å². The molecule has 2 N–H and O–H groups in total. The molecular formula is C35H47Cl3N4O2. The van der Waals surface area contributed by atoms with Gasteiger partial charge in [-0.3, -0.25) is 4.90 Å². The molecule has 0 aliphatic carbocycles. The number of hydrogen-bond donors (Lipinski definition) is 2. The van der Waals surface area contributed by atoms with E-state index in [0.29, 0.717) is 0 Å². The predicted octanol–water partition coefficient (Wildman–Crippen LogP) is 8.20. The van der Waals surface area contributed by atoms with E-state index in [1.807, 2.05) is 12.1 Å². The number of imidazole rings is 1. The van der Waals surface area contributed by atoms with E-state index in [0.717, 1.165) is 80.3 Å². The van der Waals surface area contributed by atoms with Crippen LogP contribution in [0.5, 0.6) is 11.5 Å². The minimum atomic E-state index is -0.135. The first-order chi connectivity index (χ1) is 20.1. The second-order valence-electron chi connectivity index (χ2n) is 11.1. The molecule has 0 amide bonds. The van der Waals surface area contributed by atoms with Crippen molar-refractivity contribution in [1.29, 1.82) is 0 Å². The van der Waals surface area contributed by atoms with Gasteiger partial charge in [-0.1, -0.05) is 67.9 Å². The third kappa shape index (κ3) is 8.29. The highest BCUT2D eigenvalue weighted by molar-refractivity contribution is 5.86. The summed E-state index contributed by atoms with van der Waals surface area (Å²) < 4.78 is 10.9. The number of halogens is 3. The monoisotopic (exact) mass is 660 g/mol. The Morgan fingerprint density at radius 3 is 2.30 bits per heavy atom. The molecule has 0 spiro atoms. The van der Waals surface area contributed by atoms with Gasteiger partial charge in [0.2, 0.25) is 0 Å². The highest BCUT2D eigenvalue weighted by atomic mass is 35.5. The van der Waals surface area contributed by atoms with E-state index < -0.39 is 0 Å². The van der Waals surface area contributed by atoms with Gasteiger partial charge >= 0.3 is 0 Å². The van der Waals surface area contributed by atoms with Crippen LogP contribution >= 0.6 is 37.2 Å². The second-order valence-corrected chi connectivity index (χ2v) is 11.1. The number of benzene rings is 3. The van der Waals surface area contributed by atoms with Gasteiger partial charge in [0, 0.05) is 30.9 Å². The van der Waals surface area contributed by atoms with Crippen molar-refractivity contribution < 1.29 is 9.47 Å². The molecule has 1 aliphatic heterocycles. The Kier molecular flexibility index (Phi) is 15.0. The molecule has 3 aromatic carbocycles. The molecule has 240 valence electrons. The number of nitrogens with one attached hydrogen (secondary N) is 2. The standard InChI is InChI=1S/C35H44N4O2.3ClH/c1-5-11-32-33(38-34(37-32)28-13-9-16-31(24-28)41-4)26(2)39-23-22-36-25-35(39,29-14-7-6-8-15-29)21-10-12-27-17-19-30(40-3)20-18-27;;;/h6-9,13-20,24,26,36H,5,10-12,21-23,25H2,1-4H3,(H,37,38);3*1H. The number of H-pyrrole nitrogens is 1. The summed E-state index contributed by atoms with van der Waals surface area (Å²) in [5, 5.41) is 3.76.